The Morgan fingerprint density at radius 2 is 1.39 bits per heavy atom. The number of carbonyl (C=O) groups excluding carboxylic acids is 1. The summed E-state index contributed by atoms with van der Waals surface area (Å²) < 4.78 is 6.09. The molecule has 0 bridgehead atoms. The lowest BCUT2D eigenvalue weighted by molar-refractivity contribution is -0.140. The van der Waals surface area contributed by atoms with Crippen LogP contribution in [0.3, 0.4) is 0 Å². The molecule has 0 radical (unpaired) electrons. The lowest BCUT2D eigenvalue weighted by Crippen LogP contribution is -2.52. The minimum absolute atomic E-state index is 0.0917. The van der Waals surface area contributed by atoms with Crippen LogP contribution < -0.4 is 4.74 Å². The van der Waals surface area contributed by atoms with Gasteiger partial charge in [0, 0.05) is 32.7 Å². The van der Waals surface area contributed by atoms with Gasteiger partial charge in [0.1, 0.15) is 5.75 Å². The molecule has 1 aliphatic rings. The Labute approximate surface area is 185 Å². The van der Waals surface area contributed by atoms with Gasteiger partial charge >= 0.3 is 0 Å². The summed E-state index contributed by atoms with van der Waals surface area (Å²) in [6, 6.07) is 28.8. The Balaban J connectivity index is 1.31. The van der Waals surface area contributed by atoms with Crippen molar-refractivity contribution in [3.63, 3.8) is 0 Å². The van der Waals surface area contributed by atoms with Gasteiger partial charge in [-0.2, -0.15) is 0 Å². The van der Waals surface area contributed by atoms with Gasteiger partial charge in [0.2, 0.25) is 0 Å². The molecule has 160 valence electrons. The number of hydrogen-bond acceptors (Lipinski definition) is 3. The Bertz CT molecular complexity index is 950. The fourth-order valence-corrected chi connectivity index (χ4v) is 4.00. The number of piperazine rings is 1. The molecule has 3 aromatic carbocycles. The van der Waals surface area contributed by atoms with Crippen molar-refractivity contribution in [3.05, 3.63) is 90.5 Å². The van der Waals surface area contributed by atoms with Crippen LogP contribution in [0.2, 0.25) is 0 Å². The molecule has 4 heteroatoms. The van der Waals surface area contributed by atoms with Gasteiger partial charge in [-0.25, -0.2) is 0 Å². The van der Waals surface area contributed by atoms with E-state index in [1.807, 2.05) is 60.4 Å². The zero-order valence-corrected chi connectivity index (χ0v) is 18.1. The Morgan fingerprint density at radius 3 is 2.00 bits per heavy atom. The molecule has 1 amide bonds. The van der Waals surface area contributed by atoms with Gasteiger partial charge in [-0.1, -0.05) is 79.7 Å². The molecule has 31 heavy (non-hydrogen) atoms. The van der Waals surface area contributed by atoms with Gasteiger partial charge in [-0.05, 0) is 35.2 Å². The number of nitrogens with zero attached hydrogens (tertiary/aromatic N) is 2. The highest BCUT2D eigenvalue weighted by atomic mass is 16.5. The summed E-state index contributed by atoms with van der Waals surface area (Å²) in [6.07, 6.45) is 0.215. The van der Waals surface area contributed by atoms with Crippen LogP contribution in [0.1, 0.15) is 18.9 Å². The molecule has 4 nitrogen and oxygen atoms in total. The molecule has 3 aromatic rings. The first kappa shape index (κ1) is 21.1. The van der Waals surface area contributed by atoms with Crippen molar-refractivity contribution >= 4 is 5.91 Å². The van der Waals surface area contributed by atoms with Gasteiger partial charge in [0.25, 0.3) is 5.91 Å². The fourth-order valence-electron chi connectivity index (χ4n) is 4.00. The first-order valence-electron chi connectivity index (χ1n) is 11.1. The molecule has 1 unspecified atom stereocenters. The molecule has 0 N–H and O–H groups in total. The van der Waals surface area contributed by atoms with E-state index >= 15 is 0 Å². The van der Waals surface area contributed by atoms with Gasteiger partial charge in [-0.15, -0.1) is 0 Å². The van der Waals surface area contributed by atoms with Gasteiger partial charge in [-0.3, -0.25) is 9.69 Å². The van der Waals surface area contributed by atoms with E-state index in [2.05, 4.69) is 41.3 Å². The second-order valence-electron chi connectivity index (χ2n) is 7.99. The van der Waals surface area contributed by atoms with Crippen molar-refractivity contribution < 1.29 is 9.53 Å². The van der Waals surface area contributed by atoms with E-state index in [4.69, 9.17) is 4.74 Å². The summed E-state index contributed by atoms with van der Waals surface area (Å²) in [4.78, 5) is 17.4. The van der Waals surface area contributed by atoms with E-state index in [1.54, 1.807) is 0 Å². The van der Waals surface area contributed by atoms with E-state index < -0.39 is 6.10 Å². The molecule has 4 rings (SSSR count). The highest BCUT2D eigenvalue weighted by Crippen LogP contribution is 2.23. The van der Waals surface area contributed by atoms with Crippen LogP contribution in [0.4, 0.5) is 0 Å². The topological polar surface area (TPSA) is 32.8 Å². The molecule has 1 aliphatic heterocycles. The second kappa shape index (κ2) is 10.3. The molecule has 1 saturated heterocycles. The maximum Gasteiger partial charge on any atom is 0.263 e. The minimum atomic E-state index is -0.441. The molecule has 1 atom stereocenters. The van der Waals surface area contributed by atoms with E-state index in [0.29, 0.717) is 6.42 Å². The SMILES string of the molecule is CCC(Oc1ccc(-c2ccccc2)cc1)C(=O)N1CCN(Cc2ccccc2)CC1. The van der Waals surface area contributed by atoms with E-state index in [9.17, 15) is 4.79 Å². The lowest BCUT2D eigenvalue weighted by atomic mass is 10.1. The van der Waals surface area contributed by atoms with Crippen molar-refractivity contribution in [1.82, 2.24) is 9.80 Å². The molecule has 0 saturated carbocycles. The molecular formula is C27H30N2O2. The van der Waals surface area contributed by atoms with E-state index in [-0.39, 0.29) is 5.91 Å². The fraction of sp³-hybridized carbons (Fsp3) is 0.296. The van der Waals surface area contributed by atoms with Gasteiger partial charge in [0.15, 0.2) is 6.10 Å². The largest absolute Gasteiger partial charge is 0.481 e. The lowest BCUT2D eigenvalue weighted by Gasteiger charge is -2.36. The van der Waals surface area contributed by atoms with Crippen molar-refractivity contribution in [2.24, 2.45) is 0 Å². The van der Waals surface area contributed by atoms with Crippen LogP contribution in [-0.2, 0) is 11.3 Å². The second-order valence-corrected chi connectivity index (χ2v) is 7.99. The first-order valence-corrected chi connectivity index (χ1v) is 11.1. The normalized spacial score (nSPS) is 15.5. The minimum Gasteiger partial charge on any atom is -0.481 e. The zero-order valence-electron chi connectivity index (χ0n) is 18.1. The number of ether oxygens (including phenoxy) is 1. The van der Waals surface area contributed by atoms with Crippen molar-refractivity contribution in [3.8, 4) is 16.9 Å². The monoisotopic (exact) mass is 414 g/mol. The van der Waals surface area contributed by atoms with Crippen molar-refractivity contribution in [2.75, 3.05) is 26.2 Å². The smallest absolute Gasteiger partial charge is 0.263 e. The highest BCUT2D eigenvalue weighted by Gasteiger charge is 2.27. The van der Waals surface area contributed by atoms with Crippen LogP contribution in [0.5, 0.6) is 5.75 Å². The zero-order chi connectivity index (χ0) is 21.5. The van der Waals surface area contributed by atoms with Crippen LogP contribution >= 0.6 is 0 Å². The molecule has 0 spiro atoms. The summed E-state index contributed by atoms with van der Waals surface area (Å²) in [5, 5.41) is 0. The third-order valence-electron chi connectivity index (χ3n) is 5.82. The Kier molecular flexibility index (Phi) is 7.00. The number of amides is 1. The average molecular weight is 415 g/mol. The number of rotatable bonds is 7. The predicted molar refractivity (Wildman–Crippen MR) is 125 cm³/mol. The molecular weight excluding hydrogens is 384 g/mol. The highest BCUT2D eigenvalue weighted by molar-refractivity contribution is 5.81. The third kappa shape index (κ3) is 5.53. The summed E-state index contributed by atoms with van der Waals surface area (Å²) >= 11 is 0. The molecule has 1 fully saturated rings. The number of hydrogen-bond donors (Lipinski definition) is 0. The van der Waals surface area contributed by atoms with Gasteiger partial charge < -0.3 is 9.64 Å². The van der Waals surface area contributed by atoms with Crippen LogP contribution in [0.25, 0.3) is 11.1 Å². The quantitative estimate of drug-likeness (QED) is 0.554. The summed E-state index contributed by atoms with van der Waals surface area (Å²) in [6.45, 7) is 6.22. The van der Waals surface area contributed by atoms with Crippen LogP contribution in [-0.4, -0.2) is 48.0 Å². The molecule has 0 aromatic heterocycles. The van der Waals surface area contributed by atoms with Crippen molar-refractivity contribution in [1.29, 1.82) is 0 Å². The van der Waals surface area contributed by atoms with Crippen LogP contribution in [0.15, 0.2) is 84.9 Å². The summed E-state index contributed by atoms with van der Waals surface area (Å²) in [5.74, 6) is 0.830. The summed E-state index contributed by atoms with van der Waals surface area (Å²) in [7, 11) is 0. The average Bonchev–Trinajstić information content (AvgIpc) is 2.84. The van der Waals surface area contributed by atoms with E-state index in [1.165, 1.54) is 11.1 Å². The van der Waals surface area contributed by atoms with Gasteiger partial charge in [0.05, 0.1) is 0 Å². The van der Waals surface area contributed by atoms with Crippen molar-refractivity contribution in [2.45, 2.75) is 26.0 Å². The first-order chi connectivity index (χ1) is 15.2. The maximum atomic E-state index is 13.1. The third-order valence-corrected chi connectivity index (χ3v) is 5.82. The van der Waals surface area contributed by atoms with E-state index in [0.717, 1.165) is 44.0 Å². The predicted octanol–water partition coefficient (Wildman–Crippen LogP) is 4.86. The summed E-state index contributed by atoms with van der Waals surface area (Å²) in [5.41, 5.74) is 3.63. The Morgan fingerprint density at radius 1 is 0.806 bits per heavy atom. The number of benzene rings is 3. The standard InChI is InChI=1S/C27H30N2O2/c1-2-26(31-25-15-13-24(14-16-25)23-11-7-4-8-12-23)27(30)29-19-17-28(18-20-29)21-22-9-5-3-6-10-22/h3-16,26H,2,17-21H2,1H3. The molecule has 0 aliphatic carbocycles. The number of carbonyl (C=O) groups is 1. The molecule has 1 heterocycles. The Hall–Kier alpha value is -3.11. The van der Waals surface area contributed by atoms with Crippen LogP contribution in [0, 0.1) is 0 Å². The maximum absolute atomic E-state index is 13.1.